The first kappa shape index (κ1) is 31.0. The molecule has 2 heterocycles. The lowest BCUT2D eigenvalue weighted by Gasteiger charge is -2.30. The van der Waals surface area contributed by atoms with E-state index < -0.39 is 70.1 Å². The fourth-order valence-corrected chi connectivity index (χ4v) is 5.25. The summed E-state index contributed by atoms with van der Waals surface area (Å²) in [6.45, 7) is 5.39. The molecule has 0 saturated carbocycles. The van der Waals surface area contributed by atoms with Crippen LogP contribution in [0, 0.1) is 6.92 Å². The number of ether oxygens (including phenoxy) is 3. The number of aliphatic hydroxyl groups excluding tert-OH is 1. The van der Waals surface area contributed by atoms with Gasteiger partial charge in [-0.1, -0.05) is 30.3 Å². The highest BCUT2D eigenvalue weighted by atomic mass is 32.2. The molecule has 14 nitrogen and oxygen atoms in total. The van der Waals surface area contributed by atoms with E-state index in [1.54, 1.807) is 30.3 Å². The van der Waals surface area contributed by atoms with E-state index in [1.165, 1.54) is 33.9 Å². The number of hydrogen-bond donors (Lipinski definition) is 3. The van der Waals surface area contributed by atoms with Crippen LogP contribution in [0.15, 0.2) is 46.1 Å². The highest BCUT2D eigenvalue weighted by Gasteiger charge is 2.42. The highest BCUT2D eigenvalue weighted by molar-refractivity contribution is 7.87. The molecule has 1 fully saturated rings. The highest BCUT2D eigenvalue weighted by Crippen LogP contribution is 2.29. The fourth-order valence-electron chi connectivity index (χ4n) is 4.01. The van der Waals surface area contributed by atoms with Crippen LogP contribution in [-0.4, -0.2) is 76.9 Å². The van der Waals surface area contributed by atoms with E-state index in [1.807, 2.05) is 0 Å². The summed E-state index contributed by atoms with van der Waals surface area (Å²) in [5, 5.41) is 10.7. The van der Waals surface area contributed by atoms with Crippen LogP contribution >= 0.6 is 0 Å². The smallest absolute Gasteiger partial charge is 0.425 e. The summed E-state index contributed by atoms with van der Waals surface area (Å²) in [4.78, 5) is 51.8. The Bertz CT molecular complexity index is 1430. The molecule has 2 aromatic rings. The number of nitrogens with one attached hydrogen (secondary N) is 2. The Morgan fingerprint density at radius 1 is 1.25 bits per heavy atom. The van der Waals surface area contributed by atoms with Crippen molar-refractivity contribution in [3.63, 3.8) is 0 Å². The van der Waals surface area contributed by atoms with E-state index in [9.17, 15) is 32.7 Å². The fraction of sp³-hybridized carbons (Fsp3) is 0.520. The minimum atomic E-state index is -4.78. The molecule has 1 aromatic heterocycles. The number of hydrogen-bond acceptors (Lipinski definition) is 10. The molecule has 1 aliphatic rings. The van der Waals surface area contributed by atoms with E-state index in [4.69, 9.17) is 14.2 Å². The molecule has 0 radical (unpaired) electrons. The van der Waals surface area contributed by atoms with Crippen LogP contribution in [0.2, 0.25) is 0 Å². The first-order valence-electron chi connectivity index (χ1n) is 12.4. The molecule has 0 spiro atoms. The predicted octanol–water partition coefficient (Wildman–Crippen LogP) is 0.349. The Labute approximate surface area is 231 Å². The van der Waals surface area contributed by atoms with Gasteiger partial charge in [0.25, 0.3) is 5.56 Å². The summed E-state index contributed by atoms with van der Waals surface area (Å²) in [6, 6.07) is 7.18. The van der Waals surface area contributed by atoms with Crippen molar-refractivity contribution in [3.8, 4) is 0 Å². The molecule has 0 aliphatic carbocycles. The second kappa shape index (κ2) is 12.3. The minimum Gasteiger partial charge on any atom is -0.468 e. The SMILES string of the molecule is COC(=O)[C@H](Cc1ccccc1)NS(=O)(=O)N(C[C@H]1O[C@@H](n2cc(C)c(=O)[nH]c2=O)C[C@@H]1O)C(=O)OC(C)(C)C. The number of aromatic nitrogens is 2. The summed E-state index contributed by atoms with van der Waals surface area (Å²) in [5.41, 5.74) is -1.61. The molecule has 0 bridgehead atoms. The van der Waals surface area contributed by atoms with Crippen molar-refractivity contribution in [1.29, 1.82) is 0 Å². The largest absolute Gasteiger partial charge is 0.468 e. The molecule has 1 saturated heterocycles. The van der Waals surface area contributed by atoms with Crippen molar-refractivity contribution in [3.05, 3.63) is 68.5 Å². The summed E-state index contributed by atoms with van der Waals surface area (Å²) < 4.78 is 46.5. The van der Waals surface area contributed by atoms with Crippen LogP contribution in [0.25, 0.3) is 0 Å². The number of benzene rings is 1. The van der Waals surface area contributed by atoms with Gasteiger partial charge in [0.15, 0.2) is 0 Å². The zero-order chi connectivity index (χ0) is 29.8. The molecule has 220 valence electrons. The third kappa shape index (κ3) is 7.78. The van der Waals surface area contributed by atoms with Gasteiger partial charge in [0, 0.05) is 18.2 Å². The number of nitrogens with zero attached hydrogens (tertiary/aromatic N) is 2. The number of aromatic amines is 1. The normalized spacial score (nSPS) is 20.1. The average molecular weight is 583 g/mol. The van der Waals surface area contributed by atoms with Crippen LogP contribution in [-0.2, 0) is 35.6 Å². The van der Waals surface area contributed by atoms with E-state index in [-0.39, 0.29) is 18.4 Å². The lowest BCUT2D eigenvalue weighted by atomic mass is 10.1. The first-order valence-corrected chi connectivity index (χ1v) is 13.9. The summed E-state index contributed by atoms with van der Waals surface area (Å²) in [5.74, 6) is -0.887. The zero-order valence-corrected chi connectivity index (χ0v) is 23.6. The third-order valence-electron chi connectivity index (χ3n) is 5.95. The van der Waals surface area contributed by atoms with Crippen molar-refractivity contribution < 1.29 is 37.3 Å². The van der Waals surface area contributed by atoms with Gasteiger partial charge in [-0.15, -0.1) is 0 Å². The Balaban J connectivity index is 1.90. The molecule has 3 rings (SSSR count). The molecular formula is C25H34N4O10S. The van der Waals surface area contributed by atoms with Crippen LogP contribution in [0.4, 0.5) is 4.79 Å². The maximum absolute atomic E-state index is 13.5. The molecule has 3 N–H and O–H groups in total. The molecule has 1 aliphatic heterocycles. The van der Waals surface area contributed by atoms with Gasteiger partial charge in [0.2, 0.25) is 0 Å². The molecular weight excluding hydrogens is 548 g/mol. The standard InChI is InChI=1S/C25H34N4O10S/c1-15-13-28(23(33)26-21(15)31)20-12-18(30)19(38-20)14-29(24(34)39-25(2,3)4)40(35,36)27-17(22(32)37-5)11-16-9-7-6-8-10-16/h6-10,13,17-20,27,30H,11-12,14H2,1-5H3,(H,26,31,33)/t17-,18-,19+,20+/m0/s1. The number of rotatable bonds is 9. The number of carbonyl (C=O) groups excluding carboxylic acids is 2. The maximum atomic E-state index is 13.5. The van der Waals surface area contributed by atoms with Gasteiger partial charge in [-0.2, -0.15) is 17.4 Å². The number of amides is 1. The monoisotopic (exact) mass is 582 g/mol. The maximum Gasteiger partial charge on any atom is 0.425 e. The number of carbonyl (C=O) groups is 2. The molecule has 4 atom stereocenters. The van der Waals surface area contributed by atoms with Gasteiger partial charge in [0.1, 0.15) is 24.0 Å². The second-order valence-corrected chi connectivity index (χ2v) is 11.9. The quantitative estimate of drug-likeness (QED) is 0.348. The Hall–Kier alpha value is -3.53. The third-order valence-corrected chi connectivity index (χ3v) is 7.41. The number of aliphatic hydroxyl groups is 1. The van der Waals surface area contributed by atoms with Gasteiger partial charge < -0.3 is 19.3 Å². The summed E-state index contributed by atoms with van der Waals surface area (Å²) >= 11 is 0. The zero-order valence-electron chi connectivity index (χ0n) is 22.8. The molecule has 1 aromatic carbocycles. The van der Waals surface area contributed by atoms with Crippen LogP contribution < -0.4 is 16.0 Å². The van der Waals surface area contributed by atoms with Gasteiger partial charge in [-0.25, -0.2) is 9.59 Å². The number of aryl methyl sites for hydroxylation is 1. The van der Waals surface area contributed by atoms with Crippen LogP contribution in [0.3, 0.4) is 0 Å². The number of H-pyrrole nitrogens is 1. The van der Waals surface area contributed by atoms with E-state index in [2.05, 4.69) is 9.71 Å². The van der Waals surface area contributed by atoms with Gasteiger partial charge >= 0.3 is 28.0 Å². The number of esters is 1. The Morgan fingerprint density at radius 3 is 2.50 bits per heavy atom. The molecule has 1 amide bonds. The van der Waals surface area contributed by atoms with Crippen molar-refractivity contribution in [1.82, 2.24) is 18.6 Å². The van der Waals surface area contributed by atoms with Gasteiger partial charge in [0.05, 0.1) is 19.8 Å². The Morgan fingerprint density at radius 2 is 1.90 bits per heavy atom. The lowest BCUT2D eigenvalue weighted by Crippen LogP contribution is -2.54. The Kier molecular flexibility index (Phi) is 9.56. The van der Waals surface area contributed by atoms with Crippen LogP contribution in [0.5, 0.6) is 0 Å². The van der Waals surface area contributed by atoms with E-state index >= 15 is 0 Å². The molecule has 15 heteroatoms. The average Bonchev–Trinajstić information content (AvgIpc) is 3.22. The van der Waals surface area contributed by atoms with Crippen LogP contribution in [0.1, 0.15) is 44.5 Å². The topological polar surface area (TPSA) is 186 Å². The summed E-state index contributed by atoms with van der Waals surface area (Å²) in [7, 11) is -3.68. The number of methoxy groups -OCH3 is 1. The van der Waals surface area contributed by atoms with Crippen molar-refractivity contribution in [2.24, 2.45) is 0 Å². The van der Waals surface area contributed by atoms with Gasteiger partial charge in [-0.3, -0.25) is 19.1 Å². The van der Waals surface area contributed by atoms with E-state index in [0.29, 0.717) is 9.87 Å². The van der Waals surface area contributed by atoms with Crippen molar-refractivity contribution in [2.75, 3.05) is 13.7 Å². The van der Waals surface area contributed by atoms with Gasteiger partial charge in [-0.05, 0) is 39.7 Å². The molecule has 0 unspecified atom stereocenters. The van der Waals surface area contributed by atoms with Crippen molar-refractivity contribution >= 4 is 22.3 Å². The van der Waals surface area contributed by atoms with E-state index in [0.717, 1.165) is 11.7 Å². The first-order chi connectivity index (χ1) is 18.6. The predicted molar refractivity (Wildman–Crippen MR) is 142 cm³/mol. The summed E-state index contributed by atoms with van der Waals surface area (Å²) in [6.07, 6.45) is -3.86. The molecule has 40 heavy (non-hydrogen) atoms. The second-order valence-electron chi connectivity index (χ2n) is 10.3. The lowest BCUT2D eigenvalue weighted by molar-refractivity contribution is -0.142. The van der Waals surface area contributed by atoms with Crippen molar-refractivity contribution in [2.45, 2.75) is 70.6 Å². The minimum absolute atomic E-state index is 0.0754.